The van der Waals surface area contributed by atoms with Crippen LogP contribution in [-0.4, -0.2) is 19.7 Å². The molecule has 3 rings (SSSR count). The number of hydrogen-bond acceptors (Lipinski definition) is 3. The second-order valence-corrected chi connectivity index (χ2v) is 6.88. The monoisotopic (exact) mass is 301 g/mol. The Morgan fingerprint density at radius 3 is 2.76 bits per heavy atom. The summed E-state index contributed by atoms with van der Waals surface area (Å²) in [6.45, 7) is 1.10. The van der Waals surface area contributed by atoms with E-state index in [4.69, 9.17) is 4.74 Å². The quantitative estimate of drug-likeness (QED) is 0.798. The smallest absolute Gasteiger partial charge is 0.122 e. The van der Waals surface area contributed by atoms with Crippen molar-refractivity contribution in [3.8, 4) is 5.75 Å². The first-order valence-electron chi connectivity index (χ1n) is 7.73. The van der Waals surface area contributed by atoms with Gasteiger partial charge in [0.2, 0.25) is 0 Å². The van der Waals surface area contributed by atoms with Crippen molar-refractivity contribution in [2.24, 2.45) is 5.92 Å². The molecule has 1 atom stereocenters. The van der Waals surface area contributed by atoms with Gasteiger partial charge in [-0.15, -0.1) is 11.3 Å². The molecule has 0 radical (unpaired) electrons. The molecule has 1 heterocycles. The van der Waals surface area contributed by atoms with Crippen molar-refractivity contribution in [3.05, 3.63) is 52.2 Å². The van der Waals surface area contributed by atoms with Crippen LogP contribution < -0.4 is 10.1 Å². The van der Waals surface area contributed by atoms with Crippen molar-refractivity contribution in [3.63, 3.8) is 0 Å². The van der Waals surface area contributed by atoms with Crippen LogP contribution in [0, 0.1) is 5.92 Å². The largest absolute Gasteiger partial charge is 0.496 e. The van der Waals surface area contributed by atoms with E-state index < -0.39 is 0 Å². The predicted octanol–water partition coefficient (Wildman–Crippen LogP) is 3.91. The Kier molecular flexibility index (Phi) is 4.94. The van der Waals surface area contributed by atoms with Gasteiger partial charge in [-0.3, -0.25) is 0 Å². The lowest BCUT2D eigenvalue weighted by molar-refractivity contribution is 0.400. The Bertz CT molecular complexity index is 548. The summed E-state index contributed by atoms with van der Waals surface area (Å²) in [4.78, 5) is 1.48. The van der Waals surface area contributed by atoms with Crippen molar-refractivity contribution in [1.29, 1.82) is 0 Å². The van der Waals surface area contributed by atoms with Gasteiger partial charge < -0.3 is 10.1 Å². The second kappa shape index (κ2) is 7.10. The fourth-order valence-corrected chi connectivity index (χ4v) is 3.55. The molecule has 0 amide bonds. The van der Waals surface area contributed by atoms with Gasteiger partial charge in [0.05, 0.1) is 7.11 Å². The van der Waals surface area contributed by atoms with Crippen LogP contribution in [-0.2, 0) is 12.8 Å². The van der Waals surface area contributed by atoms with Gasteiger partial charge in [-0.1, -0.05) is 24.3 Å². The molecule has 1 aromatic carbocycles. The van der Waals surface area contributed by atoms with Crippen molar-refractivity contribution < 1.29 is 4.74 Å². The lowest BCUT2D eigenvalue weighted by atomic mass is 9.94. The molecule has 1 unspecified atom stereocenters. The molecule has 0 aliphatic heterocycles. The number of ether oxygens (including phenoxy) is 1. The van der Waals surface area contributed by atoms with Crippen molar-refractivity contribution in [1.82, 2.24) is 5.32 Å². The van der Waals surface area contributed by atoms with E-state index in [1.54, 1.807) is 7.11 Å². The van der Waals surface area contributed by atoms with Crippen molar-refractivity contribution in [2.75, 3.05) is 13.7 Å². The number of thiophene rings is 1. The van der Waals surface area contributed by atoms with Crippen LogP contribution in [0.5, 0.6) is 5.75 Å². The molecule has 1 aromatic heterocycles. The van der Waals surface area contributed by atoms with Gasteiger partial charge in [-0.05, 0) is 61.2 Å². The first-order valence-corrected chi connectivity index (χ1v) is 8.61. The van der Waals surface area contributed by atoms with E-state index in [2.05, 4.69) is 41.0 Å². The zero-order valence-corrected chi connectivity index (χ0v) is 13.4. The molecule has 1 aliphatic carbocycles. The number of nitrogens with one attached hydrogen (secondary N) is 1. The highest BCUT2D eigenvalue weighted by Gasteiger charge is 2.22. The Morgan fingerprint density at radius 1 is 1.19 bits per heavy atom. The SMILES string of the molecule is COc1ccccc1CC(CNC1CC1)Cc1cccs1. The molecule has 0 bridgehead atoms. The molecule has 1 fully saturated rings. The summed E-state index contributed by atoms with van der Waals surface area (Å²) in [5.41, 5.74) is 1.32. The molecule has 0 saturated heterocycles. The van der Waals surface area contributed by atoms with Crippen LogP contribution in [0.25, 0.3) is 0 Å². The molecule has 112 valence electrons. The molecule has 1 N–H and O–H groups in total. The van der Waals surface area contributed by atoms with Crippen LogP contribution in [0.3, 0.4) is 0 Å². The van der Waals surface area contributed by atoms with E-state index in [0.29, 0.717) is 5.92 Å². The van der Waals surface area contributed by atoms with Crippen LogP contribution in [0.4, 0.5) is 0 Å². The van der Waals surface area contributed by atoms with Gasteiger partial charge in [-0.2, -0.15) is 0 Å². The summed E-state index contributed by atoms with van der Waals surface area (Å²) in [6, 6.07) is 13.6. The number of hydrogen-bond donors (Lipinski definition) is 1. The van der Waals surface area contributed by atoms with E-state index in [0.717, 1.165) is 31.2 Å². The molecule has 3 heteroatoms. The van der Waals surface area contributed by atoms with Gasteiger partial charge in [0.15, 0.2) is 0 Å². The number of para-hydroxylation sites is 1. The third-order valence-corrected chi connectivity index (χ3v) is 4.94. The fourth-order valence-electron chi connectivity index (χ4n) is 2.73. The molecule has 1 aliphatic rings. The van der Waals surface area contributed by atoms with Crippen LogP contribution >= 0.6 is 11.3 Å². The maximum absolute atomic E-state index is 5.50. The summed E-state index contributed by atoms with van der Waals surface area (Å²) in [7, 11) is 1.76. The third-order valence-electron chi connectivity index (χ3n) is 4.04. The summed E-state index contributed by atoms with van der Waals surface area (Å²) in [5, 5.41) is 5.86. The van der Waals surface area contributed by atoms with E-state index >= 15 is 0 Å². The Morgan fingerprint density at radius 2 is 2.05 bits per heavy atom. The Balaban J connectivity index is 1.67. The van der Waals surface area contributed by atoms with E-state index in [-0.39, 0.29) is 0 Å². The highest BCUT2D eigenvalue weighted by atomic mass is 32.1. The summed E-state index contributed by atoms with van der Waals surface area (Å²) < 4.78 is 5.50. The van der Waals surface area contributed by atoms with Gasteiger partial charge in [0.1, 0.15) is 5.75 Å². The maximum atomic E-state index is 5.50. The molecule has 21 heavy (non-hydrogen) atoms. The minimum atomic E-state index is 0.626. The normalized spacial score (nSPS) is 15.9. The summed E-state index contributed by atoms with van der Waals surface area (Å²) in [5.74, 6) is 1.64. The molecule has 1 saturated carbocycles. The molecular weight excluding hydrogens is 278 g/mol. The molecule has 2 nitrogen and oxygen atoms in total. The third kappa shape index (κ3) is 4.32. The zero-order valence-electron chi connectivity index (χ0n) is 12.5. The van der Waals surface area contributed by atoms with E-state index in [9.17, 15) is 0 Å². The molecule has 2 aromatic rings. The Hall–Kier alpha value is -1.32. The highest BCUT2D eigenvalue weighted by molar-refractivity contribution is 7.09. The molecule has 0 spiro atoms. The van der Waals surface area contributed by atoms with Crippen LogP contribution in [0.15, 0.2) is 41.8 Å². The van der Waals surface area contributed by atoms with Crippen molar-refractivity contribution >= 4 is 11.3 Å². The maximum Gasteiger partial charge on any atom is 0.122 e. The summed E-state index contributed by atoms with van der Waals surface area (Å²) in [6.07, 6.45) is 4.91. The highest BCUT2D eigenvalue weighted by Crippen LogP contribution is 2.25. The van der Waals surface area contributed by atoms with E-state index in [1.165, 1.54) is 23.3 Å². The number of rotatable bonds is 8. The Labute approximate surface area is 131 Å². The van der Waals surface area contributed by atoms with Gasteiger partial charge in [0, 0.05) is 10.9 Å². The minimum Gasteiger partial charge on any atom is -0.496 e. The molecular formula is C18H23NOS. The summed E-state index contributed by atoms with van der Waals surface area (Å²) >= 11 is 1.86. The number of methoxy groups -OCH3 is 1. The van der Waals surface area contributed by atoms with Crippen molar-refractivity contribution in [2.45, 2.75) is 31.7 Å². The average Bonchev–Trinajstić information content (AvgIpc) is 3.21. The lowest BCUT2D eigenvalue weighted by Gasteiger charge is -2.18. The number of benzene rings is 1. The predicted molar refractivity (Wildman–Crippen MR) is 89.2 cm³/mol. The van der Waals surface area contributed by atoms with Gasteiger partial charge in [-0.25, -0.2) is 0 Å². The van der Waals surface area contributed by atoms with Gasteiger partial charge in [0.25, 0.3) is 0 Å². The first-order chi connectivity index (χ1) is 10.3. The lowest BCUT2D eigenvalue weighted by Crippen LogP contribution is -2.27. The van der Waals surface area contributed by atoms with Crippen LogP contribution in [0.2, 0.25) is 0 Å². The first kappa shape index (κ1) is 14.6. The second-order valence-electron chi connectivity index (χ2n) is 5.85. The minimum absolute atomic E-state index is 0.626. The van der Waals surface area contributed by atoms with Gasteiger partial charge >= 0.3 is 0 Å². The zero-order chi connectivity index (χ0) is 14.5. The topological polar surface area (TPSA) is 21.3 Å². The standard InChI is InChI=1S/C18H23NOS/c1-20-18-7-3-2-5-15(18)11-14(13-19-16-8-9-16)12-17-6-4-10-21-17/h2-7,10,14,16,19H,8-9,11-13H2,1H3. The van der Waals surface area contributed by atoms with E-state index in [1.807, 2.05) is 17.4 Å². The average molecular weight is 301 g/mol. The fraction of sp³-hybridized carbons (Fsp3) is 0.444. The van der Waals surface area contributed by atoms with Crippen LogP contribution in [0.1, 0.15) is 23.3 Å².